The minimum absolute atomic E-state index is 0.0328. The molecule has 0 amide bonds. The summed E-state index contributed by atoms with van der Waals surface area (Å²) in [5, 5.41) is 7.67. The molecule has 0 fully saturated rings. The Morgan fingerprint density at radius 2 is 1.55 bits per heavy atom. The number of halogens is 3. The zero-order valence-electron chi connectivity index (χ0n) is 19.6. The van der Waals surface area contributed by atoms with Crippen molar-refractivity contribution in [3.63, 3.8) is 0 Å². The third kappa shape index (κ3) is 7.96. The van der Waals surface area contributed by atoms with Gasteiger partial charge in [-0.3, -0.25) is 4.79 Å². The van der Waals surface area contributed by atoms with Crippen molar-refractivity contribution < 1.29 is 39.5 Å². The van der Waals surface area contributed by atoms with Crippen LogP contribution in [0.25, 0.3) is 0 Å². The Balaban J connectivity index is 1.91. The highest BCUT2D eigenvalue weighted by Gasteiger charge is 2.48. The molecule has 0 bridgehead atoms. The fourth-order valence-electron chi connectivity index (χ4n) is 3.23. The van der Waals surface area contributed by atoms with E-state index in [4.69, 9.17) is 9.88 Å². The van der Waals surface area contributed by atoms with Gasteiger partial charge in [-0.15, -0.1) is 11.8 Å². The lowest BCUT2D eigenvalue weighted by Gasteiger charge is -2.22. The number of esters is 1. The molecule has 38 heavy (non-hydrogen) atoms. The summed E-state index contributed by atoms with van der Waals surface area (Å²) in [5.74, 6) is -0.547. The van der Waals surface area contributed by atoms with Crippen LogP contribution in [-0.4, -0.2) is 40.1 Å². The number of rotatable bonds is 11. The Morgan fingerprint density at radius 3 is 2.13 bits per heavy atom. The zero-order chi connectivity index (χ0) is 28.0. The monoisotopic (exact) mass is 588 g/mol. The smallest absolute Gasteiger partial charge is 0.461 e. The number of alkyl halides is 3. The molecule has 0 aliphatic carbocycles. The number of primary sulfonamides is 1. The first-order valence-corrected chi connectivity index (χ1v) is 14.9. The van der Waals surface area contributed by atoms with Gasteiger partial charge in [-0.05, 0) is 35.9 Å². The van der Waals surface area contributed by atoms with Crippen molar-refractivity contribution in [3.05, 3.63) is 84.4 Å². The Morgan fingerprint density at radius 1 is 0.947 bits per heavy atom. The van der Waals surface area contributed by atoms with Gasteiger partial charge >= 0.3 is 11.5 Å². The molecule has 3 N–H and O–H groups in total. The van der Waals surface area contributed by atoms with Crippen molar-refractivity contribution in [3.8, 4) is 0 Å². The number of thioether (sulfide) groups is 1. The molecule has 14 heteroatoms. The van der Waals surface area contributed by atoms with Crippen LogP contribution < -0.4 is 10.5 Å². The molecule has 3 rings (SSSR count). The van der Waals surface area contributed by atoms with Gasteiger partial charge in [0.15, 0.2) is 0 Å². The number of anilines is 1. The van der Waals surface area contributed by atoms with E-state index in [1.54, 1.807) is 60.7 Å². The normalized spacial score (nSPS) is 13.1. The molecule has 0 aliphatic heterocycles. The molecule has 0 unspecified atom stereocenters. The van der Waals surface area contributed by atoms with Gasteiger partial charge in [-0.1, -0.05) is 48.5 Å². The lowest BCUT2D eigenvalue weighted by molar-refractivity contribution is -0.145. The SMILES string of the molecule is NS(=O)(=O)c1ccc(N[C@@H](CSc2ccccc2)CC(=O)OCc2ccccc2)c(S(=O)(=O)C(F)(F)F)c1. The van der Waals surface area contributed by atoms with Crippen LogP contribution in [0.3, 0.4) is 0 Å². The van der Waals surface area contributed by atoms with Crippen molar-refractivity contribution in [1.82, 2.24) is 0 Å². The topological polar surface area (TPSA) is 133 Å². The standard InChI is InChI=1S/C24H23F3N2O6S3/c25-24(26,27)37(31,32)22-14-20(38(28,33)34)11-12-21(22)29-18(16-36-19-9-5-2-6-10-19)13-23(30)35-15-17-7-3-1-4-8-17/h1-12,14,18,29H,13,15-16H2,(H2,28,33,34)/t18-/m1/s1. The average molecular weight is 589 g/mol. The second-order valence-electron chi connectivity index (χ2n) is 7.97. The lowest BCUT2D eigenvalue weighted by atomic mass is 10.2. The van der Waals surface area contributed by atoms with Crippen LogP contribution in [0, 0.1) is 0 Å². The Bertz CT molecular complexity index is 1470. The van der Waals surface area contributed by atoms with Crippen LogP contribution in [-0.2, 0) is 36.0 Å². The van der Waals surface area contributed by atoms with Crippen molar-refractivity contribution in [2.75, 3.05) is 11.1 Å². The van der Waals surface area contributed by atoms with E-state index in [2.05, 4.69) is 5.32 Å². The average Bonchev–Trinajstić information content (AvgIpc) is 2.86. The number of nitrogens with two attached hydrogens (primary N) is 1. The minimum atomic E-state index is -5.98. The van der Waals surface area contributed by atoms with Gasteiger partial charge in [0, 0.05) is 16.7 Å². The first-order chi connectivity index (χ1) is 17.8. The molecule has 0 aliphatic rings. The number of carbonyl (C=O) groups is 1. The summed E-state index contributed by atoms with van der Waals surface area (Å²) in [5.41, 5.74) is -5.53. The van der Waals surface area contributed by atoms with Crippen molar-refractivity contribution in [2.45, 2.75) is 39.3 Å². The molecule has 204 valence electrons. The maximum Gasteiger partial charge on any atom is 0.501 e. The summed E-state index contributed by atoms with van der Waals surface area (Å²) in [4.78, 5) is 11.2. The van der Waals surface area contributed by atoms with E-state index < -0.39 is 52.9 Å². The fourth-order valence-corrected chi connectivity index (χ4v) is 5.74. The van der Waals surface area contributed by atoms with Gasteiger partial charge in [0.05, 0.1) is 17.0 Å². The third-order valence-corrected chi connectivity index (χ3v) is 8.70. The van der Waals surface area contributed by atoms with Crippen molar-refractivity contribution >= 4 is 43.3 Å². The van der Waals surface area contributed by atoms with Crippen molar-refractivity contribution in [1.29, 1.82) is 0 Å². The van der Waals surface area contributed by atoms with E-state index >= 15 is 0 Å². The molecule has 3 aromatic carbocycles. The molecule has 1 atom stereocenters. The summed E-state index contributed by atoms with van der Waals surface area (Å²) in [6.45, 7) is -0.0328. The second kappa shape index (κ2) is 12.2. The molecule has 0 aromatic heterocycles. The van der Waals surface area contributed by atoms with Crippen LogP contribution >= 0.6 is 11.8 Å². The summed E-state index contributed by atoms with van der Waals surface area (Å²) < 4.78 is 93.6. The number of nitrogens with one attached hydrogen (secondary N) is 1. The van der Waals surface area contributed by atoms with Gasteiger partial charge in [-0.2, -0.15) is 13.2 Å². The van der Waals surface area contributed by atoms with Crippen molar-refractivity contribution in [2.24, 2.45) is 5.14 Å². The van der Waals surface area contributed by atoms with E-state index in [0.717, 1.165) is 22.6 Å². The summed E-state index contributed by atoms with van der Waals surface area (Å²) in [6, 6.07) is 18.9. The summed E-state index contributed by atoms with van der Waals surface area (Å²) in [6.07, 6.45) is -0.324. The van der Waals surface area contributed by atoms with Gasteiger partial charge in [0.25, 0.3) is 9.84 Å². The van der Waals surface area contributed by atoms with Crippen LogP contribution in [0.1, 0.15) is 12.0 Å². The molecule has 0 heterocycles. The largest absolute Gasteiger partial charge is 0.501 e. The molecule has 3 aromatic rings. The molecule has 0 saturated carbocycles. The van der Waals surface area contributed by atoms with Gasteiger partial charge < -0.3 is 10.1 Å². The van der Waals surface area contributed by atoms with E-state index in [9.17, 15) is 34.8 Å². The van der Waals surface area contributed by atoms with Gasteiger partial charge in [-0.25, -0.2) is 22.0 Å². The first kappa shape index (κ1) is 29.5. The van der Waals surface area contributed by atoms with E-state index in [-0.39, 0.29) is 18.8 Å². The van der Waals surface area contributed by atoms with E-state index in [0.29, 0.717) is 6.07 Å². The Hall–Kier alpha value is -3.07. The van der Waals surface area contributed by atoms with Crippen LogP contribution in [0.4, 0.5) is 18.9 Å². The summed E-state index contributed by atoms with van der Waals surface area (Å²) in [7, 11) is -10.5. The predicted molar refractivity (Wildman–Crippen MR) is 136 cm³/mol. The molecule has 0 spiro atoms. The number of benzene rings is 3. The van der Waals surface area contributed by atoms with E-state index in [1.807, 2.05) is 0 Å². The lowest BCUT2D eigenvalue weighted by Crippen LogP contribution is -2.30. The number of sulfonamides is 1. The maximum atomic E-state index is 13.4. The molecule has 0 saturated heterocycles. The van der Waals surface area contributed by atoms with Gasteiger partial charge in [0.1, 0.15) is 11.5 Å². The first-order valence-electron chi connectivity index (χ1n) is 10.9. The Labute approximate surface area is 222 Å². The number of hydrogen-bond donors (Lipinski definition) is 2. The fraction of sp³-hybridized carbons (Fsp3) is 0.208. The summed E-state index contributed by atoms with van der Waals surface area (Å²) >= 11 is 1.27. The second-order valence-corrected chi connectivity index (χ2v) is 12.5. The number of carbonyl (C=O) groups excluding carboxylic acids is 1. The number of hydrogen-bond acceptors (Lipinski definition) is 8. The molecular formula is C24H23F3N2O6S3. The predicted octanol–water partition coefficient (Wildman–Crippen LogP) is 4.33. The third-order valence-electron chi connectivity index (χ3n) is 5.09. The van der Waals surface area contributed by atoms with E-state index in [1.165, 1.54) is 11.8 Å². The maximum absolute atomic E-state index is 13.4. The highest BCUT2D eigenvalue weighted by atomic mass is 32.2. The van der Waals surface area contributed by atoms with Crippen LogP contribution in [0.5, 0.6) is 0 Å². The zero-order valence-corrected chi connectivity index (χ0v) is 22.0. The number of sulfone groups is 1. The minimum Gasteiger partial charge on any atom is -0.461 e. The Kier molecular flexibility index (Phi) is 9.46. The molecule has 8 nitrogen and oxygen atoms in total. The quantitative estimate of drug-likeness (QED) is 0.250. The highest BCUT2D eigenvalue weighted by Crippen LogP contribution is 2.36. The molecule has 0 radical (unpaired) electrons. The highest BCUT2D eigenvalue weighted by molar-refractivity contribution is 7.99. The van der Waals surface area contributed by atoms with Crippen LogP contribution in [0.15, 0.2) is 93.5 Å². The number of ether oxygens (including phenoxy) is 1. The molecular weight excluding hydrogens is 565 g/mol. The van der Waals surface area contributed by atoms with Gasteiger partial charge in [0.2, 0.25) is 10.0 Å². The van der Waals surface area contributed by atoms with Crippen LogP contribution in [0.2, 0.25) is 0 Å².